The summed E-state index contributed by atoms with van der Waals surface area (Å²) in [6.45, 7) is 4.38. The quantitative estimate of drug-likeness (QED) is 0.446. The van der Waals surface area contributed by atoms with E-state index in [2.05, 4.69) is 47.1 Å². The summed E-state index contributed by atoms with van der Waals surface area (Å²) >= 11 is 3.47. The lowest BCUT2D eigenvalue weighted by Gasteiger charge is -2.20. The number of rotatable bonds is 6. The number of nitrogens with zero attached hydrogens (tertiary/aromatic N) is 2. The van der Waals surface area contributed by atoms with Crippen molar-refractivity contribution < 1.29 is 5.21 Å². The second-order valence-corrected chi connectivity index (χ2v) is 7.41. The summed E-state index contributed by atoms with van der Waals surface area (Å²) in [4.78, 5) is 11.6. The zero-order valence-electron chi connectivity index (χ0n) is 14.2. The van der Waals surface area contributed by atoms with E-state index in [-0.39, 0.29) is 11.5 Å². The van der Waals surface area contributed by atoms with Crippen molar-refractivity contribution >= 4 is 21.6 Å². The molecule has 4 nitrogen and oxygen atoms in total. The minimum absolute atomic E-state index is 0.0809. The summed E-state index contributed by atoms with van der Waals surface area (Å²) in [5.41, 5.74) is 2.50. The largest absolute Gasteiger partial charge is 0.411 e. The predicted molar refractivity (Wildman–Crippen MR) is 101 cm³/mol. The van der Waals surface area contributed by atoms with Crippen LogP contribution in [-0.4, -0.2) is 15.5 Å². The summed E-state index contributed by atoms with van der Waals surface area (Å²) < 4.78 is 2.54. The highest BCUT2D eigenvalue weighted by molar-refractivity contribution is 9.10. The molecule has 0 radical (unpaired) electrons. The van der Waals surface area contributed by atoms with Crippen LogP contribution in [0.15, 0.2) is 57.0 Å². The molecule has 24 heavy (non-hydrogen) atoms. The van der Waals surface area contributed by atoms with Crippen molar-refractivity contribution in [3.8, 4) is 0 Å². The van der Waals surface area contributed by atoms with E-state index in [9.17, 15) is 10.0 Å². The maximum Gasteiger partial charge on any atom is 0.250 e. The van der Waals surface area contributed by atoms with E-state index in [1.165, 1.54) is 16.2 Å². The van der Waals surface area contributed by atoms with E-state index in [0.29, 0.717) is 18.1 Å². The molecule has 0 amide bonds. The molecule has 2 rings (SSSR count). The third-order valence-electron chi connectivity index (χ3n) is 4.08. The molecule has 0 fully saturated rings. The molecule has 5 heteroatoms. The van der Waals surface area contributed by atoms with Gasteiger partial charge < -0.3 is 9.77 Å². The first-order valence-electron chi connectivity index (χ1n) is 8.04. The first-order valence-corrected chi connectivity index (χ1v) is 8.83. The van der Waals surface area contributed by atoms with Crippen molar-refractivity contribution in [2.24, 2.45) is 18.1 Å². The van der Waals surface area contributed by atoms with Gasteiger partial charge in [-0.15, -0.1) is 0 Å². The predicted octanol–water partition coefficient (Wildman–Crippen LogP) is 4.55. The van der Waals surface area contributed by atoms with Crippen LogP contribution in [0.4, 0.5) is 0 Å². The Morgan fingerprint density at radius 1 is 1.21 bits per heavy atom. The summed E-state index contributed by atoms with van der Waals surface area (Å²) in [6, 6.07) is 11.5. The molecule has 2 aromatic rings. The first kappa shape index (κ1) is 18.5. The lowest BCUT2D eigenvalue weighted by atomic mass is 9.85. The normalized spacial score (nSPS) is 13.3. The van der Waals surface area contributed by atoms with Crippen molar-refractivity contribution in [3.05, 3.63) is 68.5 Å². The highest BCUT2D eigenvalue weighted by Crippen LogP contribution is 2.29. The van der Waals surface area contributed by atoms with Crippen LogP contribution >= 0.6 is 15.9 Å². The monoisotopic (exact) mass is 390 g/mol. The van der Waals surface area contributed by atoms with Gasteiger partial charge in [0.05, 0.1) is 5.71 Å². The lowest BCUT2D eigenvalue weighted by Crippen LogP contribution is -2.18. The van der Waals surface area contributed by atoms with Gasteiger partial charge in [-0.1, -0.05) is 47.1 Å². The molecular formula is C19H23BrN2O2. The molecule has 0 aliphatic rings. The summed E-state index contributed by atoms with van der Waals surface area (Å²) in [5, 5.41) is 13.0. The van der Waals surface area contributed by atoms with Crippen LogP contribution in [0.25, 0.3) is 0 Å². The summed E-state index contributed by atoms with van der Waals surface area (Å²) in [5.74, 6) is 0.778. The van der Waals surface area contributed by atoms with Crippen molar-refractivity contribution in [3.63, 3.8) is 0 Å². The van der Waals surface area contributed by atoms with E-state index in [0.717, 1.165) is 16.5 Å². The van der Waals surface area contributed by atoms with Crippen LogP contribution in [0.1, 0.15) is 43.7 Å². The van der Waals surface area contributed by atoms with E-state index in [1.54, 1.807) is 19.3 Å². The number of oxime groups is 1. The van der Waals surface area contributed by atoms with Gasteiger partial charge in [0.15, 0.2) is 0 Å². The minimum atomic E-state index is -0.0809. The smallest absolute Gasteiger partial charge is 0.250 e. The number of aromatic nitrogens is 1. The molecule has 0 bridgehead atoms. The highest BCUT2D eigenvalue weighted by Gasteiger charge is 2.18. The van der Waals surface area contributed by atoms with E-state index in [1.807, 2.05) is 12.1 Å². The number of hydrogen-bond donors (Lipinski definition) is 1. The fourth-order valence-electron chi connectivity index (χ4n) is 2.86. The molecule has 0 saturated heterocycles. The maximum absolute atomic E-state index is 11.6. The van der Waals surface area contributed by atoms with E-state index < -0.39 is 0 Å². The second-order valence-electron chi connectivity index (χ2n) is 6.50. The van der Waals surface area contributed by atoms with Gasteiger partial charge in [0.2, 0.25) is 5.56 Å². The van der Waals surface area contributed by atoms with Gasteiger partial charge in [-0.3, -0.25) is 4.79 Å². The topological polar surface area (TPSA) is 54.6 Å². The second kappa shape index (κ2) is 8.29. The van der Waals surface area contributed by atoms with Crippen LogP contribution < -0.4 is 5.56 Å². The molecule has 0 aliphatic heterocycles. The average molecular weight is 391 g/mol. The first-order chi connectivity index (χ1) is 11.4. The van der Waals surface area contributed by atoms with Gasteiger partial charge in [-0.05, 0) is 42.0 Å². The molecule has 1 aromatic carbocycles. The number of halogens is 1. The molecule has 1 N–H and O–H groups in total. The third kappa shape index (κ3) is 4.81. The van der Waals surface area contributed by atoms with Crippen LogP contribution in [0, 0.1) is 5.92 Å². The minimum Gasteiger partial charge on any atom is -0.411 e. The Hall–Kier alpha value is -1.88. The molecule has 1 unspecified atom stereocenters. The Bertz CT molecular complexity index is 764. The van der Waals surface area contributed by atoms with Gasteiger partial charge >= 0.3 is 0 Å². The summed E-state index contributed by atoms with van der Waals surface area (Å²) in [6.07, 6.45) is 3.33. The summed E-state index contributed by atoms with van der Waals surface area (Å²) in [7, 11) is 1.70. The Labute approximate surface area is 151 Å². The highest BCUT2D eigenvalue weighted by atomic mass is 79.9. The van der Waals surface area contributed by atoms with E-state index in [4.69, 9.17) is 0 Å². The number of hydrogen-bond acceptors (Lipinski definition) is 3. The van der Waals surface area contributed by atoms with Crippen molar-refractivity contribution in [1.29, 1.82) is 0 Å². The molecule has 1 aromatic heterocycles. The molecule has 0 saturated carbocycles. The molecular weight excluding hydrogens is 368 g/mol. The Morgan fingerprint density at radius 2 is 1.88 bits per heavy atom. The number of aryl methyl sites for hydroxylation is 1. The van der Waals surface area contributed by atoms with Gasteiger partial charge in [-0.25, -0.2) is 0 Å². The molecule has 0 aliphatic carbocycles. The molecule has 1 atom stereocenters. The zero-order chi connectivity index (χ0) is 17.7. The standard InChI is InChI=1S/C19H23BrN2O2/c1-13(2)10-16(14-4-7-17(20)8-5-14)11-18(21-24)15-6-9-19(23)22(3)12-15/h4-9,12-13,16,24H,10-11H2,1-3H3/b21-18+. The van der Waals surface area contributed by atoms with E-state index >= 15 is 0 Å². The maximum atomic E-state index is 11.6. The third-order valence-corrected chi connectivity index (χ3v) is 4.61. The molecule has 1 heterocycles. The average Bonchev–Trinajstić information content (AvgIpc) is 2.54. The fraction of sp³-hybridized carbons (Fsp3) is 0.368. The molecule has 0 spiro atoms. The Kier molecular flexibility index (Phi) is 6.37. The van der Waals surface area contributed by atoms with Crippen molar-refractivity contribution in [2.45, 2.75) is 32.6 Å². The number of pyridine rings is 1. The van der Waals surface area contributed by atoms with Gasteiger partial charge in [0, 0.05) is 35.8 Å². The Balaban J connectivity index is 2.30. The van der Waals surface area contributed by atoms with Crippen molar-refractivity contribution in [1.82, 2.24) is 4.57 Å². The Morgan fingerprint density at radius 3 is 2.42 bits per heavy atom. The van der Waals surface area contributed by atoms with Gasteiger partial charge in [0.1, 0.15) is 0 Å². The van der Waals surface area contributed by atoms with Crippen LogP contribution in [0.2, 0.25) is 0 Å². The van der Waals surface area contributed by atoms with Crippen molar-refractivity contribution in [2.75, 3.05) is 0 Å². The van der Waals surface area contributed by atoms with Crippen LogP contribution in [-0.2, 0) is 7.05 Å². The molecule has 128 valence electrons. The van der Waals surface area contributed by atoms with Gasteiger partial charge in [-0.2, -0.15) is 0 Å². The lowest BCUT2D eigenvalue weighted by molar-refractivity contribution is 0.317. The van der Waals surface area contributed by atoms with Crippen LogP contribution in [0.5, 0.6) is 0 Å². The van der Waals surface area contributed by atoms with Crippen LogP contribution in [0.3, 0.4) is 0 Å². The SMILES string of the molecule is CC(C)CC(C/C(=N\O)c1ccc(=O)n(C)c1)c1ccc(Br)cc1. The van der Waals surface area contributed by atoms with Gasteiger partial charge in [0.25, 0.3) is 0 Å². The number of benzene rings is 1. The fourth-order valence-corrected chi connectivity index (χ4v) is 3.12. The zero-order valence-corrected chi connectivity index (χ0v) is 15.8.